The maximum atomic E-state index is 12.9. The molecule has 0 N–H and O–H groups in total. The Hall–Kier alpha value is -1.27. The molecule has 0 aromatic heterocycles. The third kappa shape index (κ3) is 1.30. The van der Waals surface area contributed by atoms with E-state index in [4.69, 9.17) is 11.6 Å². The van der Waals surface area contributed by atoms with Crippen molar-refractivity contribution in [3.8, 4) is 24.2 Å². The quantitative estimate of drug-likeness (QED) is 0.463. The fourth-order valence-corrected chi connectivity index (χ4v) is 1.30. The van der Waals surface area contributed by atoms with Gasteiger partial charge in [0, 0.05) is 0 Å². The van der Waals surface area contributed by atoms with Crippen LogP contribution >= 0.6 is 11.6 Å². The van der Waals surface area contributed by atoms with E-state index in [1.54, 1.807) is 5.92 Å². The normalized spacial score (nSPS) is 24.6. The molecule has 0 heterocycles. The Balaban J connectivity index is 3.49. The first-order valence-electron chi connectivity index (χ1n) is 3.61. The van der Waals surface area contributed by atoms with Crippen LogP contribution in [-0.2, 0) is 0 Å². The molecule has 0 aromatic carbocycles. The van der Waals surface area contributed by atoms with Crippen LogP contribution in [0.25, 0.3) is 0 Å². The second kappa shape index (κ2) is 3.36. The van der Waals surface area contributed by atoms with Crippen LogP contribution in [0.2, 0.25) is 0 Å². The first kappa shape index (κ1) is 12.8. The lowest BCUT2D eigenvalue weighted by Crippen LogP contribution is -2.48. The van der Waals surface area contributed by atoms with Crippen molar-refractivity contribution in [1.82, 2.24) is 0 Å². The van der Waals surface area contributed by atoms with E-state index in [1.807, 2.05) is 0 Å². The van der Waals surface area contributed by atoms with Gasteiger partial charge in [0.05, 0.1) is 5.57 Å². The van der Waals surface area contributed by atoms with E-state index in [2.05, 4.69) is 6.42 Å². The molecular weight excluding hydrogens is 258 g/mol. The van der Waals surface area contributed by atoms with Crippen LogP contribution in [0.4, 0.5) is 26.3 Å². The lowest BCUT2D eigenvalue weighted by Gasteiger charge is -2.23. The van der Waals surface area contributed by atoms with Crippen molar-refractivity contribution in [2.24, 2.45) is 0 Å². The summed E-state index contributed by atoms with van der Waals surface area (Å²) >= 11 is 4.77. The van der Waals surface area contributed by atoms with Crippen molar-refractivity contribution in [3.63, 3.8) is 0 Å². The largest absolute Gasteiger partial charge is 0.382 e. The standard InChI is InChI=1S/C9HClF6/c1-2-3-4-5-6(10)8(13,14)9(15,16)7(5,11)12/h1H. The summed E-state index contributed by atoms with van der Waals surface area (Å²) in [6, 6.07) is 0. The van der Waals surface area contributed by atoms with E-state index in [0.29, 0.717) is 0 Å². The number of allylic oxidation sites excluding steroid dienone is 2. The first-order chi connectivity index (χ1) is 7.10. The van der Waals surface area contributed by atoms with E-state index in [-0.39, 0.29) is 0 Å². The van der Waals surface area contributed by atoms with Gasteiger partial charge in [-0.3, -0.25) is 0 Å². The second-order valence-corrected chi connectivity index (χ2v) is 3.18. The van der Waals surface area contributed by atoms with Gasteiger partial charge < -0.3 is 0 Å². The van der Waals surface area contributed by atoms with E-state index >= 15 is 0 Å². The Morgan fingerprint density at radius 1 is 1.00 bits per heavy atom. The Morgan fingerprint density at radius 3 is 1.81 bits per heavy atom. The first-order valence-corrected chi connectivity index (χ1v) is 3.99. The third-order valence-corrected chi connectivity index (χ3v) is 2.28. The van der Waals surface area contributed by atoms with Crippen molar-refractivity contribution >= 4 is 11.6 Å². The highest BCUT2D eigenvalue weighted by Crippen LogP contribution is 2.59. The fraction of sp³-hybridized carbons (Fsp3) is 0.333. The molecule has 0 saturated heterocycles. The molecular formula is C9HClF6. The zero-order valence-electron chi connectivity index (χ0n) is 7.22. The van der Waals surface area contributed by atoms with Crippen molar-refractivity contribution in [2.75, 3.05) is 0 Å². The predicted octanol–water partition coefficient (Wildman–Crippen LogP) is 3.04. The molecule has 0 saturated carbocycles. The van der Waals surface area contributed by atoms with Gasteiger partial charge in [0.15, 0.2) is 0 Å². The molecule has 0 aromatic rings. The zero-order chi connectivity index (χ0) is 12.8. The van der Waals surface area contributed by atoms with Gasteiger partial charge >= 0.3 is 17.8 Å². The van der Waals surface area contributed by atoms with Crippen LogP contribution < -0.4 is 0 Å². The van der Waals surface area contributed by atoms with Crippen molar-refractivity contribution < 1.29 is 26.3 Å². The SMILES string of the molecule is C#CC#CC1=C(Cl)C(F)(F)C(F)(F)C1(F)F. The Bertz CT molecular complexity index is 457. The van der Waals surface area contributed by atoms with Crippen LogP contribution in [0.1, 0.15) is 0 Å². The molecule has 7 heteroatoms. The summed E-state index contributed by atoms with van der Waals surface area (Å²) in [7, 11) is 0. The molecule has 1 aliphatic rings. The van der Waals surface area contributed by atoms with Crippen LogP contribution in [0.5, 0.6) is 0 Å². The van der Waals surface area contributed by atoms with Gasteiger partial charge in [-0.25, -0.2) is 0 Å². The van der Waals surface area contributed by atoms with Gasteiger partial charge in [-0.05, 0) is 17.8 Å². The average Bonchev–Trinajstić information content (AvgIpc) is 2.23. The number of hydrogen-bond donors (Lipinski definition) is 0. The van der Waals surface area contributed by atoms with Crippen molar-refractivity contribution in [2.45, 2.75) is 17.8 Å². The summed E-state index contributed by atoms with van der Waals surface area (Å²) in [6.07, 6.45) is 4.57. The summed E-state index contributed by atoms with van der Waals surface area (Å²) in [5.41, 5.74) is -1.85. The van der Waals surface area contributed by atoms with Gasteiger partial charge in [-0.2, -0.15) is 26.3 Å². The van der Waals surface area contributed by atoms with Crippen LogP contribution in [0.3, 0.4) is 0 Å². The molecule has 0 atom stereocenters. The Labute approximate surface area is 91.3 Å². The highest BCUT2D eigenvalue weighted by atomic mass is 35.5. The van der Waals surface area contributed by atoms with Crippen molar-refractivity contribution in [3.05, 3.63) is 10.6 Å². The minimum absolute atomic E-state index is 1.33. The molecule has 0 nitrogen and oxygen atoms in total. The topological polar surface area (TPSA) is 0 Å². The summed E-state index contributed by atoms with van der Waals surface area (Å²) in [6.45, 7) is 0. The molecule has 16 heavy (non-hydrogen) atoms. The van der Waals surface area contributed by atoms with Gasteiger partial charge in [-0.15, -0.1) is 6.42 Å². The predicted molar refractivity (Wildman–Crippen MR) is 44.3 cm³/mol. The molecule has 0 spiro atoms. The number of halogens is 7. The lowest BCUT2D eigenvalue weighted by atomic mass is 10.1. The van der Waals surface area contributed by atoms with Crippen LogP contribution in [0.15, 0.2) is 10.6 Å². The zero-order valence-corrected chi connectivity index (χ0v) is 7.98. The van der Waals surface area contributed by atoms with E-state index < -0.39 is 28.4 Å². The number of hydrogen-bond acceptors (Lipinski definition) is 0. The highest BCUT2D eigenvalue weighted by molar-refractivity contribution is 6.31. The van der Waals surface area contributed by atoms with Crippen molar-refractivity contribution in [1.29, 1.82) is 0 Å². The maximum absolute atomic E-state index is 12.9. The molecule has 0 fully saturated rings. The third-order valence-electron chi connectivity index (χ3n) is 1.86. The summed E-state index contributed by atoms with van der Waals surface area (Å²) in [5.74, 6) is -11.5. The number of terminal acetylenes is 1. The molecule has 0 amide bonds. The molecule has 0 radical (unpaired) electrons. The van der Waals surface area contributed by atoms with E-state index in [0.717, 1.165) is 0 Å². The number of alkyl halides is 6. The van der Waals surface area contributed by atoms with Gasteiger partial charge in [0.2, 0.25) is 0 Å². The molecule has 1 aliphatic carbocycles. The number of rotatable bonds is 0. The minimum atomic E-state index is -5.62. The van der Waals surface area contributed by atoms with Crippen LogP contribution in [-0.4, -0.2) is 17.8 Å². The molecule has 86 valence electrons. The van der Waals surface area contributed by atoms with E-state index in [9.17, 15) is 26.3 Å². The Kier molecular flexibility index (Phi) is 2.69. The van der Waals surface area contributed by atoms with Gasteiger partial charge in [0.1, 0.15) is 5.03 Å². The van der Waals surface area contributed by atoms with Gasteiger partial charge in [0.25, 0.3) is 0 Å². The molecule has 0 bridgehead atoms. The fourth-order valence-electron chi connectivity index (χ4n) is 1.02. The average molecular weight is 259 g/mol. The molecule has 0 aliphatic heterocycles. The Morgan fingerprint density at radius 2 is 1.50 bits per heavy atom. The lowest BCUT2D eigenvalue weighted by molar-refractivity contribution is -0.262. The molecule has 1 rings (SSSR count). The van der Waals surface area contributed by atoms with Gasteiger partial charge in [-0.1, -0.05) is 11.6 Å². The summed E-state index contributed by atoms with van der Waals surface area (Å²) < 4.78 is 76.7. The summed E-state index contributed by atoms with van der Waals surface area (Å²) in [5, 5.41) is -1.98. The smallest absolute Gasteiger partial charge is 0.193 e. The maximum Gasteiger partial charge on any atom is 0.382 e. The highest BCUT2D eigenvalue weighted by Gasteiger charge is 2.80. The molecule has 0 unspecified atom stereocenters. The minimum Gasteiger partial charge on any atom is -0.193 e. The van der Waals surface area contributed by atoms with Crippen LogP contribution in [0, 0.1) is 24.2 Å². The summed E-state index contributed by atoms with van der Waals surface area (Å²) in [4.78, 5) is 0. The van der Waals surface area contributed by atoms with E-state index in [1.165, 1.54) is 11.8 Å². The monoisotopic (exact) mass is 258 g/mol. The second-order valence-electron chi connectivity index (χ2n) is 2.81.